The van der Waals surface area contributed by atoms with E-state index in [1.807, 2.05) is 39.0 Å². The van der Waals surface area contributed by atoms with E-state index in [-0.39, 0.29) is 12.2 Å². The molecule has 0 aromatic heterocycles. The average Bonchev–Trinajstić information content (AvgIpc) is 2.76. The maximum Gasteiger partial charge on any atom is 0.410 e. The van der Waals surface area contributed by atoms with E-state index in [0.29, 0.717) is 19.5 Å². The van der Waals surface area contributed by atoms with E-state index in [0.717, 1.165) is 0 Å². The van der Waals surface area contributed by atoms with E-state index in [2.05, 4.69) is 19.1 Å². The van der Waals surface area contributed by atoms with Crippen molar-refractivity contribution in [3.63, 3.8) is 0 Å². The lowest BCUT2D eigenvalue weighted by Gasteiger charge is -2.24. The largest absolute Gasteiger partial charge is 0.444 e. The van der Waals surface area contributed by atoms with Gasteiger partial charge in [-0.1, -0.05) is 35.9 Å². The summed E-state index contributed by atoms with van der Waals surface area (Å²) < 4.78 is 5.15. The third-order valence-corrected chi connectivity index (χ3v) is 2.76. The minimum Gasteiger partial charge on any atom is -0.444 e. The lowest BCUT2D eigenvalue weighted by Crippen LogP contribution is -2.35. The monoisotopic (exact) mass is 279 g/mol. The number of aliphatic hydroxyl groups excluding tert-OH is 1. The van der Waals surface area contributed by atoms with Crippen LogP contribution in [0, 0.1) is 6.92 Å². The van der Waals surface area contributed by atoms with Gasteiger partial charge in [0.05, 0.1) is 6.10 Å². The molecule has 2 rings (SSSR count). The number of aryl methyl sites for hydroxylation is 1. The minimum atomic E-state index is -0.454. The zero-order valence-corrected chi connectivity index (χ0v) is 12.8. The molecule has 1 unspecified atom stereocenters. The summed E-state index contributed by atoms with van der Waals surface area (Å²) in [6.45, 7) is 8.57. The van der Waals surface area contributed by atoms with E-state index in [9.17, 15) is 9.90 Å². The van der Waals surface area contributed by atoms with E-state index in [1.165, 1.54) is 10.5 Å². The molecule has 1 N–H and O–H groups in total. The van der Waals surface area contributed by atoms with Crippen LogP contribution in [-0.2, 0) is 4.74 Å². The molecule has 0 aliphatic carbocycles. The Morgan fingerprint density at radius 2 is 1.90 bits per heavy atom. The predicted molar refractivity (Wildman–Crippen MR) is 79.6 cm³/mol. The third kappa shape index (κ3) is 6.57. The summed E-state index contributed by atoms with van der Waals surface area (Å²) in [5, 5.41) is 9.20. The second-order valence-electron chi connectivity index (χ2n) is 6.02. The molecule has 0 saturated carbocycles. The normalized spacial score (nSPS) is 18.2. The smallest absolute Gasteiger partial charge is 0.410 e. The second-order valence-corrected chi connectivity index (χ2v) is 6.02. The van der Waals surface area contributed by atoms with Gasteiger partial charge in [0.2, 0.25) is 0 Å². The molecule has 1 aliphatic heterocycles. The van der Waals surface area contributed by atoms with Crippen LogP contribution >= 0.6 is 0 Å². The van der Waals surface area contributed by atoms with Crippen molar-refractivity contribution in [2.45, 2.75) is 45.8 Å². The molecule has 1 aromatic carbocycles. The first-order chi connectivity index (χ1) is 9.28. The summed E-state index contributed by atoms with van der Waals surface area (Å²) >= 11 is 0. The van der Waals surface area contributed by atoms with Crippen LogP contribution in [0.5, 0.6) is 0 Å². The molecule has 4 nitrogen and oxygen atoms in total. The van der Waals surface area contributed by atoms with Crippen molar-refractivity contribution in [1.82, 2.24) is 4.90 Å². The number of ether oxygens (including phenoxy) is 1. The van der Waals surface area contributed by atoms with Gasteiger partial charge in [0.25, 0.3) is 0 Å². The second kappa shape index (κ2) is 7.29. The van der Waals surface area contributed by atoms with Gasteiger partial charge in [0.15, 0.2) is 0 Å². The Labute approximate surface area is 121 Å². The van der Waals surface area contributed by atoms with Crippen LogP contribution in [0.1, 0.15) is 32.8 Å². The molecule has 1 aromatic rings. The number of benzene rings is 1. The van der Waals surface area contributed by atoms with E-state index >= 15 is 0 Å². The third-order valence-electron chi connectivity index (χ3n) is 2.76. The van der Waals surface area contributed by atoms with Crippen molar-refractivity contribution >= 4 is 6.09 Å². The Morgan fingerprint density at radius 1 is 1.30 bits per heavy atom. The van der Waals surface area contributed by atoms with Gasteiger partial charge in [0, 0.05) is 13.1 Å². The van der Waals surface area contributed by atoms with Crippen molar-refractivity contribution in [3.8, 4) is 0 Å². The number of aliphatic hydroxyl groups is 1. The van der Waals surface area contributed by atoms with Gasteiger partial charge >= 0.3 is 6.09 Å². The number of amides is 1. The highest BCUT2D eigenvalue weighted by Crippen LogP contribution is 2.14. The van der Waals surface area contributed by atoms with Gasteiger partial charge in [-0.2, -0.15) is 0 Å². The predicted octanol–water partition coefficient (Wildman–Crippen LogP) is 2.98. The summed E-state index contributed by atoms with van der Waals surface area (Å²) in [6, 6.07) is 10.3. The van der Waals surface area contributed by atoms with E-state index in [1.54, 1.807) is 0 Å². The SMILES string of the molecule is CC(C)(C)OC(=O)N1CCC(O)C1.Cc1ccccc1. The number of carbonyl (C=O) groups is 1. The fourth-order valence-corrected chi connectivity index (χ4v) is 1.77. The first kappa shape index (κ1) is 16.5. The Hall–Kier alpha value is -1.55. The van der Waals surface area contributed by atoms with Crippen molar-refractivity contribution in [3.05, 3.63) is 35.9 Å². The van der Waals surface area contributed by atoms with Gasteiger partial charge in [-0.15, -0.1) is 0 Å². The van der Waals surface area contributed by atoms with Gasteiger partial charge in [0.1, 0.15) is 5.60 Å². The number of nitrogens with zero attached hydrogens (tertiary/aromatic N) is 1. The zero-order chi connectivity index (χ0) is 15.2. The van der Waals surface area contributed by atoms with Gasteiger partial charge in [-0.05, 0) is 34.1 Å². The van der Waals surface area contributed by atoms with Crippen molar-refractivity contribution in [2.24, 2.45) is 0 Å². The average molecular weight is 279 g/mol. The van der Waals surface area contributed by atoms with Crippen LogP contribution in [0.4, 0.5) is 4.79 Å². The quantitative estimate of drug-likeness (QED) is 0.794. The highest BCUT2D eigenvalue weighted by Gasteiger charge is 2.28. The number of rotatable bonds is 0. The number of likely N-dealkylation sites (tertiary alicyclic amines) is 1. The fourth-order valence-electron chi connectivity index (χ4n) is 1.77. The number of hydrogen-bond acceptors (Lipinski definition) is 3. The van der Waals surface area contributed by atoms with Crippen LogP contribution in [-0.4, -0.2) is 40.9 Å². The Balaban J connectivity index is 0.000000240. The van der Waals surface area contributed by atoms with Gasteiger partial charge < -0.3 is 14.7 Å². The summed E-state index contributed by atoms with van der Waals surface area (Å²) in [4.78, 5) is 12.9. The van der Waals surface area contributed by atoms with Crippen LogP contribution in [0.25, 0.3) is 0 Å². The molecule has 1 fully saturated rings. The molecule has 0 bridgehead atoms. The number of carbonyl (C=O) groups excluding carboxylic acids is 1. The molecule has 1 amide bonds. The van der Waals surface area contributed by atoms with E-state index < -0.39 is 5.60 Å². The highest BCUT2D eigenvalue weighted by atomic mass is 16.6. The van der Waals surface area contributed by atoms with Crippen LogP contribution in [0.3, 0.4) is 0 Å². The standard InChI is InChI=1S/C9H17NO3.C7H8/c1-9(2,3)13-8(12)10-5-4-7(11)6-10;1-7-5-3-2-4-6-7/h7,11H,4-6H2,1-3H3;2-6H,1H3. The van der Waals surface area contributed by atoms with E-state index in [4.69, 9.17) is 4.74 Å². The Morgan fingerprint density at radius 3 is 2.25 bits per heavy atom. The minimum absolute atomic E-state index is 0.330. The maximum atomic E-state index is 11.4. The molecular weight excluding hydrogens is 254 g/mol. The molecule has 4 heteroatoms. The summed E-state index contributed by atoms with van der Waals surface area (Å²) in [5.74, 6) is 0. The van der Waals surface area contributed by atoms with Crippen LogP contribution in [0.15, 0.2) is 30.3 Å². The first-order valence-corrected chi connectivity index (χ1v) is 6.95. The molecule has 1 aliphatic rings. The first-order valence-electron chi connectivity index (χ1n) is 6.95. The van der Waals surface area contributed by atoms with Gasteiger partial charge in [-0.25, -0.2) is 4.79 Å². The molecule has 0 radical (unpaired) electrons. The lowest BCUT2D eigenvalue weighted by atomic mass is 10.2. The molecular formula is C16H25NO3. The zero-order valence-electron chi connectivity index (χ0n) is 12.8. The molecule has 20 heavy (non-hydrogen) atoms. The van der Waals surface area contributed by atoms with Crippen molar-refractivity contribution in [1.29, 1.82) is 0 Å². The summed E-state index contributed by atoms with van der Waals surface area (Å²) in [6.07, 6.45) is -0.0595. The molecule has 1 atom stereocenters. The lowest BCUT2D eigenvalue weighted by molar-refractivity contribution is 0.0270. The molecule has 1 heterocycles. The maximum absolute atomic E-state index is 11.4. The topological polar surface area (TPSA) is 49.8 Å². The van der Waals surface area contributed by atoms with Crippen LogP contribution in [0.2, 0.25) is 0 Å². The van der Waals surface area contributed by atoms with Crippen molar-refractivity contribution in [2.75, 3.05) is 13.1 Å². The summed E-state index contributed by atoms with van der Waals surface area (Å²) in [7, 11) is 0. The van der Waals surface area contributed by atoms with Crippen LogP contribution < -0.4 is 0 Å². The molecule has 0 spiro atoms. The number of β-amino-alcohol motifs (C(OH)–C–C–N with tert-alkyl or cyclic N) is 1. The number of hydrogen-bond donors (Lipinski definition) is 1. The molecule has 1 saturated heterocycles. The van der Waals surface area contributed by atoms with Crippen molar-refractivity contribution < 1.29 is 14.6 Å². The fraction of sp³-hybridized carbons (Fsp3) is 0.562. The summed E-state index contributed by atoms with van der Waals surface area (Å²) in [5.41, 5.74) is 0.868. The van der Waals surface area contributed by atoms with Gasteiger partial charge in [-0.3, -0.25) is 0 Å². The Kier molecular flexibility index (Phi) is 6.02. The highest BCUT2D eigenvalue weighted by molar-refractivity contribution is 5.68. The Bertz CT molecular complexity index is 411. The molecule has 112 valence electrons.